The quantitative estimate of drug-likeness (QED) is 0.718. The minimum Gasteiger partial charge on any atom is -0.324 e. The first-order valence-electron chi connectivity index (χ1n) is 8.47. The van der Waals surface area contributed by atoms with E-state index in [2.05, 4.69) is 34.4 Å². The van der Waals surface area contributed by atoms with Crippen LogP contribution in [0, 0.1) is 27.7 Å². The van der Waals surface area contributed by atoms with E-state index in [1.807, 2.05) is 50.2 Å². The van der Waals surface area contributed by atoms with Crippen LogP contribution in [0.25, 0.3) is 0 Å². The number of benzene rings is 2. The Morgan fingerprint density at radius 2 is 1.54 bits per heavy atom. The van der Waals surface area contributed by atoms with Gasteiger partial charge in [0, 0.05) is 23.8 Å². The highest BCUT2D eigenvalue weighted by Crippen LogP contribution is 2.19. The van der Waals surface area contributed by atoms with Crippen LogP contribution < -0.4 is 10.6 Å². The molecule has 2 N–H and O–H groups in total. The van der Waals surface area contributed by atoms with E-state index >= 15 is 0 Å². The van der Waals surface area contributed by atoms with Gasteiger partial charge in [-0.1, -0.05) is 18.2 Å². The van der Waals surface area contributed by atoms with Crippen LogP contribution in [-0.4, -0.2) is 15.9 Å². The van der Waals surface area contributed by atoms with Crippen molar-refractivity contribution in [1.29, 1.82) is 0 Å². The van der Waals surface area contributed by atoms with Gasteiger partial charge >= 0.3 is 0 Å². The smallest absolute Gasteiger partial charge is 0.258 e. The second-order valence-electron chi connectivity index (χ2n) is 6.49. The molecular formula is C21H22N4O. The van der Waals surface area contributed by atoms with E-state index in [1.54, 1.807) is 0 Å². The Hall–Kier alpha value is -3.21. The number of hydrogen-bond acceptors (Lipinski definition) is 4. The van der Waals surface area contributed by atoms with E-state index in [0.29, 0.717) is 11.5 Å². The fraction of sp³-hybridized carbons (Fsp3) is 0.190. The summed E-state index contributed by atoms with van der Waals surface area (Å²) in [4.78, 5) is 20.9. The molecule has 1 aromatic heterocycles. The summed E-state index contributed by atoms with van der Waals surface area (Å²) < 4.78 is 0. The van der Waals surface area contributed by atoms with Gasteiger partial charge in [0.2, 0.25) is 5.95 Å². The molecule has 5 heteroatoms. The molecule has 5 nitrogen and oxygen atoms in total. The average Bonchev–Trinajstić information content (AvgIpc) is 2.62. The summed E-state index contributed by atoms with van der Waals surface area (Å²) in [6.45, 7) is 8.08. The standard InChI is InChI=1S/C21H22N4O/c1-13-5-6-15(3)19(9-13)25-20(26)17-11-22-21(23-12-17)24-18-8-7-14(2)16(4)10-18/h5-12H,1-4H3,(H,25,26)(H,22,23,24). The lowest BCUT2D eigenvalue weighted by atomic mass is 10.1. The highest BCUT2D eigenvalue weighted by Gasteiger charge is 2.10. The molecular weight excluding hydrogens is 324 g/mol. The molecule has 3 aromatic rings. The zero-order chi connectivity index (χ0) is 18.7. The molecule has 0 aliphatic carbocycles. The molecule has 132 valence electrons. The number of hydrogen-bond donors (Lipinski definition) is 2. The molecule has 1 heterocycles. The van der Waals surface area contributed by atoms with E-state index in [-0.39, 0.29) is 5.91 Å². The largest absolute Gasteiger partial charge is 0.324 e. The van der Waals surface area contributed by atoms with Gasteiger partial charge in [0.15, 0.2) is 0 Å². The van der Waals surface area contributed by atoms with Gasteiger partial charge in [0.25, 0.3) is 5.91 Å². The number of aryl methyl sites for hydroxylation is 4. The Labute approximate surface area is 153 Å². The van der Waals surface area contributed by atoms with Crippen LogP contribution in [0.5, 0.6) is 0 Å². The molecule has 26 heavy (non-hydrogen) atoms. The average molecular weight is 346 g/mol. The fourth-order valence-electron chi connectivity index (χ4n) is 2.52. The highest BCUT2D eigenvalue weighted by atomic mass is 16.1. The number of carbonyl (C=O) groups is 1. The monoisotopic (exact) mass is 346 g/mol. The molecule has 2 aromatic carbocycles. The first-order chi connectivity index (χ1) is 12.4. The third-order valence-electron chi connectivity index (χ3n) is 4.32. The summed E-state index contributed by atoms with van der Waals surface area (Å²) in [5.74, 6) is 0.230. The van der Waals surface area contributed by atoms with E-state index in [1.165, 1.54) is 23.5 Å². The maximum atomic E-state index is 12.4. The van der Waals surface area contributed by atoms with Crippen molar-refractivity contribution in [2.45, 2.75) is 27.7 Å². The van der Waals surface area contributed by atoms with Gasteiger partial charge in [-0.3, -0.25) is 4.79 Å². The van der Waals surface area contributed by atoms with Gasteiger partial charge in [-0.25, -0.2) is 9.97 Å². The van der Waals surface area contributed by atoms with Gasteiger partial charge in [-0.15, -0.1) is 0 Å². The molecule has 0 unspecified atom stereocenters. The van der Waals surface area contributed by atoms with Crippen LogP contribution in [0.15, 0.2) is 48.8 Å². The fourth-order valence-corrected chi connectivity index (χ4v) is 2.52. The number of rotatable bonds is 4. The summed E-state index contributed by atoms with van der Waals surface area (Å²) >= 11 is 0. The van der Waals surface area contributed by atoms with E-state index < -0.39 is 0 Å². The highest BCUT2D eigenvalue weighted by molar-refractivity contribution is 6.04. The predicted molar refractivity (Wildman–Crippen MR) is 105 cm³/mol. The Balaban J connectivity index is 1.71. The third-order valence-corrected chi connectivity index (χ3v) is 4.32. The van der Waals surface area contributed by atoms with E-state index in [9.17, 15) is 4.79 Å². The molecule has 0 aliphatic heterocycles. The van der Waals surface area contributed by atoms with Gasteiger partial charge in [-0.2, -0.15) is 0 Å². The summed E-state index contributed by atoms with van der Waals surface area (Å²) in [5, 5.41) is 6.06. The summed E-state index contributed by atoms with van der Waals surface area (Å²) in [7, 11) is 0. The summed E-state index contributed by atoms with van der Waals surface area (Å²) in [6.07, 6.45) is 3.05. The summed E-state index contributed by atoms with van der Waals surface area (Å²) in [5.41, 5.74) is 6.66. The molecule has 0 fully saturated rings. The Morgan fingerprint density at radius 3 is 2.23 bits per heavy atom. The number of aromatic nitrogens is 2. The molecule has 0 radical (unpaired) electrons. The number of carbonyl (C=O) groups excluding carboxylic acids is 1. The molecule has 0 saturated carbocycles. The van der Waals surface area contributed by atoms with E-state index in [0.717, 1.165) is 22.5 Å². The van der Waals surface area contributed by atoms with Crippen molar-refractivity contribution in [2.24, 2.45) is 0 Å². The third kappa shape index (κ3) is 4.06. The zero-order valence-electron chi connectivity index (χ0n) is 15.4. The molecule has 0 spiro atoms. The van der Waals surface area contributed by atoms with Crippen LogP contribution in [0.3, 0.4) is 0 Å². The first kappa shape index (κ1) is 17.6. The van der Waals surface area contributed by atoms with Crippen molar-refractivity contribution in [3.8, 4) is 0 Å². The van der Waals surface area contributed by atoms with Crippen molar-refractivity contribution in [3.05, 3.63) is 76.6 Å². The number of anilines is 3. The number of amides is 1. The molecule has 3 rings (SSSR count). The van der Waals surface area contributed by atoms with Gasteiger partial charge in [0.05, 0.1) is 5.56 Å². The maximum Gasteiger partial charge on any atom is 0.258 e. The predicted octanol–water partition coefficient (Wildman–Crippen LogP) is 4.71. The maximum absolute atomic E-state index is 12.4. The van der Waals surface area contributed by atoms with Crippen molar-refractivity contribution >= 4 is 23.2 Å². The van der Waals surface area contributed by atoms with Crippen molar-refractivity contribution in [3.63, 3.8) is 0 Å². The molecule has 1 amide bonds. The molecule has 0 saturated heterocycles. The normalized spacial score (nSPS) is 10.5. The lowest BCUT2D eigenvalue weighted by Crippen LogP contribution is -2.14. The van der Waals surface area contributed by atoms with Crippen LogP contribution in [-0.2, 0) is 0 Å². The van der Waals surface area contributed by atoms with Crippen molar-refractivity contribution in [2.75, 3.05) is 10.6 Å². The van der Waals surface area contributed by atoms with Crippen molar-refractivity contribution < 1.29 is 4.79 Å². The summed E-state index contributed by atoms with van der Waals surface area (Å²) in [6, 6.07) is 12.0. The Morgan fingerprint density at radius 1 is 0.846 bits per heavy atom. The van der Waals surface area contributed by atoms with Crippen LogP contribution in [0.1, 0.15) is 32.6 Å². The Bertz CT molecular complexity index is 949. The zero-order valence-corrected chi connectivity index (χ0v) is 15.4. The second-order valence-corrected chi connectivity index (χ2v) is 6.49. The van der Waals surface area contributed by atoms with Crippen LogP contribution >= 0.6 is 0 Å². The first-order valence-corrected chi connectivity index (χ1v) is 8.47. The Kier molecular flexibility index (Phi) is 4.98. The minimum absolute atomic E-state index is 0.226. The van der Waals surface area contributed by atoms with Gasteiger partial charge in [-0.05, 0) is 68.1 Å². The number of nitrogens with one attached hydrogen (secondary N) is 2. The molecule has 0 atom stereocenters. The lowest BCUT2D eigenvalue weighted by molar-refractivity contribution is 0.102. The number of nitrogens with zero attached hydrogens (tertiary/aromatic N) is 2. The van der Waals surface area contributed by atoms with Gasteiger partial charge < -0.3 is 10.6 Å². The molecule has 0 aliphatic rings. The SMILES string of the molecule is Cc1ccc(C)c(NC(=O)c2cnc(Nc3ccc(C)c(C)c3)nc2)c1. The van der Waals surface area contributed by atoms with Crippen LogP contribution in [0.4, 0.5) is 17.3 Å². The van der Waals surface area contributed by atoms with E-state index in [4.69, 9.17) is 0 Å². The molecule has 0 bridgehead atoms. The second kappa shape index (κ2) is 7.35. The topological polar surface area (TPSA) is 66.9 Å². The van der Waals surface area contributed by atoms with Gasteiger partial charge in [0.1, 0.15) is 0 Å². The van der Waals surface area contributed by atoms with Crippen LogP contribution in [0.2, 0.25) is 0 Å². The lowest BCUT2D eigenvalue weighted by Gasteiger charge is -2.10. The van der Waals surface area contributed by atoms with Crippen molar-refractivity contribution in [1.82, 2.24) is 9.97 Å². The minimum atomic E-state index is -0.226.